The molecule has 0 saturated heterocycles. The third-order valence-corrected chi connectivity index (χ3v) is 5.01. The summed E-state index contributed by atoms with van der Waals surface area (Å²) in [5.41, 5.74) is 2.46. The van der Waals surface area contributed by atoms with Crippen LogP contribution in [0.3, 0.4) is 0 Å². The fraction of sp³-hybridized carbons (Fsp3) is 0.364. The van der Waals surface area contributed by atoms with Crippen molar-refractivity contribution in [3.8, 4) is 17.2 Å². The highest BCUT2D eigenvalue weighted by atomic mass is 16.5. The van der Waals surface area contributed by atoms with Crippen LogP contribution < -0.4 is 14.4 Å². The Morgan fingerprint density at radius 1 is 1.17 bits per heavy atom. The van der Waals surface area contributed by atoms with Gasteiger partial charge in [0.25, 0.3) is 5.91 Å². The Hall–Kier alpha value is -3.22. The van der Waals surface area contributed by atoms with Crippen LogP contribution in [0.5, 0.6) is 17.2 Å². The maximum Gasteiger partial charge on any atom is 0.261 e. The molecule has 29 heavy (non-hydrogen) atoms. The molecule has 0 bridgehead atoms. The minimum absolute atomic E-state index is 0.100. The van der Waals surface area contributed by atoms with Crippen molar-refractivity contribution in [2.24, 2.45) is 5.92 Å². The molecule has 0 fully saturated rings. The van der Waals surface area contributed by atoms with E-state index in [2.05, 4.69) is 24.0 Å². The first-order chi connectivity index (χ1) is 13.8. The van der Waals surface area contributed by atoms with Gasteiger partial charge in [0, 0.05) is 35.9 Å². The average molecular weight is 397 g/mol. The number of nitrogens with zero attached hydrogens (tertiary/aromatic N) is 2. The number of fused-ring (bicyclic) bond motifs is 1. The molecule has 0 radical (unpaired) electrons. The van der Waals surface area contributed by atoms with Crippen LogP contribution in [0.2, 0.25) is 0 Å². The smallest absolute Gasteiger partial charge is 0.261 e. The number of amides is 1. The first-order valence-electron chi connectivity index (χ1n) is 9.55. The van der Waals surface area contributed by atoms with Crippen LogP contribution in [0.1, 0.15) is 36.3 Å². The summed E-state index contributed by atoms with van der Waals surface area (Å²) in [7, 11) is 4.75. The molecule has 0 aliphatic rings. The highest BCUT2D eigenvalue weighted by Gasteiger charge is 2.21. The van der Waals surface area contributed by atoms with Gasteiger partial charge >= 0.3 is 0 Å². The van der Waals surface area contributed by atoms with E-state index >= 15 is 0 Å². The number of aromatic amines is 1. The number of methoxy groups -OCH3 is 2. The molecule has 0 spiro atoms. The number of anilines is 1. The number of H-pyrrole nitrogens is 1. The van der Waals surface area contributed by atoms with Crippen molar-refractivity contribution < 1.29 is 19.4 Å². The van der Waals surface area contributed by atoms with E-state index in [1.165, 1.54) is 11.0 Å². The number of hydrogen-bond acceptors (Lipinski definition) is 5. The third kappa shape index (κ3) is 4.13. The Balaban J connectivity index is 1.95. The predicted octanol–water partition coefficient (Wildman–Crippen LogP) is 4.15. The standard InChI is InChI=1S/C22H27N3O4/c1-13(2)6-8-17-15-11-16(19(26)12-18(15)24-23-17)22(27)25(3)14-7-9-20(28-4)21(10-14)29-5/h7,9-13,26H,6,8H2,1-5H3,(H,23,24). The lowest BCUT2D eigenvalue weighted by molar-refractivity contribution is 0.0990. The lowest BCUT2D eigenvalue weighted by atomic mass is 10.0. The topological polar surface area (TPSA) is 87.7 Å². The Morgan fingerprint density at radius 3 is 2.55 bits per heavy atom. The molecule has 2 aromatic carbocycles. The number of ether oxygens (including phenoxy) is 2. The summed E-state index contributed by atoms with van der Waals surface area (Å²) in [5, 5.41) is 18.6. The number of carbonyl (C=O) groups is 1. The van der Waals surface area contributed by atoms with Crippen molar-refractivity contribution in [2.45, 2.75) is 26.7 Å². The van der Waals surface area contributed by atoms with Crippen LogP contribution in [-0.2, 0) is 6.42 Å². The number of phenols is 1. The van der Waals surface area contributed by atoms with Gasteiger partial charge in [-0.3, -0.25) is 9.89 Å². The second-order valence-electron chi connectivity index (χ2n) is 7.42. The van der Waals surface area contributed by atoms with Gasteiger partial charge in [-0.25, -0.2) is 0 Å². The summed E-state index contributed by atoms with van der Waals surface area (Å²) in [6.45, 7) is 4.33. The first-order valence-corrected chi connectivity index (χ1v) is 9.55. The maximum atomic E-state index is 13.1. The van der Waals surface area contributed by atoms with Gasteiger partial charge in [-0.1, -0.05) is 13.8 Å². The molecular formula is C22H27N3O4. The van der Waals surface area contributed by atoms with E-state index in [9.17, 15) is 9.90 Å². The Bertz CT molecular complexity index is 1030. The molecule has 1 aromatic heterocycles. The number of benzene rings is 2. The van der Waals surface area contributed by atoms with E-state index in [4.69, 9.17) is 9.47 Å². The van der Waals surface area contributed by atoms with E-state index in [0.717, 1.165) is 23.9 Å². The van der Waals surface area contributed by atoms with Gasteiger partial charge in [0.2, 0.25) is 0 Å². The van der Waals surface area contributed by atoms with E-state index in [0.29, 0.717) is 28.6 Å². The van der Waals surface area contributed by atoms with Gasteiger partial charge in [-0.2, -0.15) is 5.10 Å². The number of phenolic OH excluding ortho intramolecular Hbond substituents is 1. The zero-order chi connectivity index (χ0) is 21.1. The Morgan fingerprint density at radius 2 is 1.90 bits per heavy atom. The second-order valence-corrected chi connectivity index (χ2v) is 7.42. The predicted molar refractivity (Wildman–Crippen MR) is 113 cm³/mol. The first kappa shape index (κ1) is 20.5. The molecule has 1 amide bonds. The van der Waals surface area contributed by atoms with Gasteiger partial charge in [-0.05, 0) is 37.0 Å². The Labute approximate surface area is 170 Å². The molecule has 1 heterocycles. The molecule has 154 valence electrons. The van der Waals surface area contributed by atoms with Crippen LogP contribution in [0, 0.1) is 5.92 Å². The number of aromatic hydroxyl groups is 1. The monoisotopic (exact) mass is 397 g/mol. The highest BCUT2D eigenvalue weighted by Crippen LogP contribution is 2.33. The largest absolute Gasteiger partial charge is 0.507 e. The number of rotatable bonds is 7. The number of aryl methyl sites for hydroxylation is 1. The zero-order valence-electron chi connectivity index (χ0n) is 17.4. The molecule has 0 atom stereocenters. The van der Waals surface area contributed by atoms with Crippen molar-refractivity contribution in [1.29, 1.82) is 0 Å². The summed E-state index contributed by atoms with van der Waals surface area (Å²) in [5.74, 6) is 1.23. The number of aromatic nitrogens is 2. The van der Waals surface area contributed by atoms with E-state index in [1.54, 1.807) is 45.5 Å². The van der Waals surface area contributed by atoms with E-state index in [1.807, 2.05) is 0 Å². The summed E-state index contributed by atoms with van der Waals surface area (Å²) < 4.78 is 10.6. The molecule has 7 nitrogen and oxygen atoms in total. The van der Waals surface area contributed by atoms with Crippen LogP contribution >= 0.6 is 0 Å². The normalized spacial score (nSPS) is 11.1. The molecule has 3 rings (SSSR count). The van der Waals surface area contributed by atoms with Crippen LogP contribution in [0.15, 0.2) is 30.3 Å². The summed E-state index contributed by atoms with van der Waals surface area (Å²) in [6, 6.07) is 8.46. The lowest BCUT2D eigenvalue weighted by Crippen LogP contribution is -2.26. The summed E-state index contributed by atoms with van der Waals surface area (Å²) >= 11 is 0. The van der Waals surface area contributed by atoms with Gasteiger partial charge in [0.15, 0.2) is 11.5 Å². The van der Waals surface area contributed by atoms with Gasteiger partial charge < -0.3 is 19.5 Å². The molecule has 0 unspecified atom stereocenters. The van der Waals surface area contributed by atoms with Crippen molar-refractivity contribution >= 4 is 22.5 Å². The van der Waals surface area contributed by atoms with E-state index in [-0.39, 0.29) is 17.2 Å². The number of carbonyl (C=O) groups excluding carboxylic acids is 1. The quantitative estimate of drug-likeness (QED) is 0.625. The molecule has 0 aliphatic heterocycles. The van der Waals surface area contributed by atoms with Gasteiger partial charge in [-0.15, -0.1) is 0 Å². The Kier molecular flexibility index (Phi) is 5.96. The van der Waals surface area contributed by atoms with Crippen molar-refractivity contribution in [1.82, 2.24) is 10.2 Å². The lowest BCUT2D eigenvalue weighted by Gasteiger charge is -2.19. The fourth-order valence-corrected chi connectivity index (χ4v) is 3.23. The SMILES string of the molecule is COc1ccc(N(C)C(=O)c2cc3c(CCC(C)C)[nH]nc3cc2O)cc1OC. The second kappa shape index (κ2) is 8.43. The minimum atomic E-state index is -0.326. The van der Waals surface area contributed by atoms with Crippen LogP contribution in [0.4, 0.5) is 5.69 Å². The highest BCUT2D eigenvalue weighted by molar-refractivity contribution is 6.09. The molecule has 3 aromatic rings. The molecule has 0 aliphatic carbocycles. The van der Waals surface area contributed by atoms with Crippen molar-refractivity contribution in [3.05, 3.63) is 41.6 Å². The van der Waals surface area contributed by atoms with Crippen molar-refractivity contribution in [3.63, 3.8) is 0 Å². The maximum absolute atomic E-state index is 13.1. The van der Waals surface area contributed by atoms with Crippen LogP contribution in [0.25, 0.3) is 10.9 Å². The molecule has 7 heteroatoms. The number of hydrogen-bond donors (Lipinski definition) is 2. The average Bonchev–Trinajstić information content (AvgIpc) is 3.11. The molecule has 2 N–H and O–H groups in total. The molecule has 0 saturated carbocycles. The van der Waals surface area contributed by atoms with Crippen molar-refractivity contribution in [2.75, 3.05) is 26.2 Å². The minimum Gasteiger partial charge on any atom is -0.507 e. The number of nitrogens with one attached hydrogen (secondary N) is 1. The van der Waals surface area contributed by atoms with Gasteiger partial charge in [0.05, 0.1) is 25.3 Å². The zero-order valence-corrected chi connectivity index (χ0v) is 17.4. The van der Waals surface area contributed by atoms with Gasteiger partial charge in [0.1, 0.15) is 5.75 Å². The fourth-order valence-electron chi connectivity index (χ4n) is 3.23. The molecular weight excluding hydrogens is 370 g/mol. The van der Waals surface area contributed by atoms with Crippen LogP contribution in [-0.4, -0.2) is 42.5 Å². The van der Waals surface area contributed by atoms with E-state index < -0.39 is 0 Å². The summed E-state index contributed by atoms with van der Waals surface area (Å²) in [4.78, 5) is 14.6. The summed E-state index contributed by atoms with van der Waals surface area (Å²) in [6.07, 6.45) is 1.84. The third-order valence-electron chi connectivity index (χ3n) is 5.01.